The highest BCUT2D eigenvalue weighted by Crippen LogP contribution is 2.42. The third-order valence-electron chi connectivity index (χ3n) is 4.97. The maximum atomic E-state index is 5.72. The quantitative estimate of drug-likeness (QED) is 0.505. The Hall–Kier alpha value is -2.50. The molecule has 2 rings (SSSR count). The van der Waals surface area contributed by atoms with Crippen LogP contribution in [0.4, 0.5) is 5.82 Å². The number of rotatable bonds is 11. The summed E-state index contributed by atoms with van der Waals surface area (Å²) in [4.78, 5) is 9.65. The zero-order valence-corrected chi connectivity index (χ0v) is 18.9. The van der Waals surface area contributed by atoms with E-state index in [9.17, 15) is 0 Å². The molecule has 0 atom stereocenters. The van der Waals surface area contributed by atoms with Gasteiger partial charge in [0.2, 0.25) is 0 Å². The minimum absolute atomic E-state index is 0.354. The van der Waals surface area contributed by atoms with Gasteiger partial charge >= 0.3 is 0 Å². The van der Waals surface area contributed by atoms with Gasteiger partial charge in [0.1, 0.15) is 17.2 Å². The molecule has 0 unspecified atom stereocenters. The first-order valence-corrected chi connectivity index (χ1v) is 10.5. The normalized spacial score (nSPS) is 10.9. The predicted octanol–water partition coefficient (Wildman–Crippen LogP) is 5.46. The molecule has 6 nitrogen and oxygen atoms in total. The van der Waals surface area contributed by atoms with Crippen LogP contribution in [0, 0.1) is 0 Å². The molecular weight excluding hydrogens is 366 g/mol. The lowest BCUT2D eigenvalue weighted by Gasteiger charge is -2.19. The third-order valence-corrected chi connectivity index (χ3v) is 4.97. The number of ether oxygens (including phenoxy) is 3. The van der Waals surface area contributed by atoms with Crippen LogP contribution in [0.3, 0.4) is 0 Å². The molecule has 0 amide bonds. The Balaban J connectivity index is 2.59. The molecule has 0 aliphatic heterocycles. The van der Waals surface area contributed by atoms with Crippen molar-refractivity contribution in [2.24, 2.45) is 0 Å². The number of anilines is 1. The number of benzene rings is 1. The smallest absolute Gasteiger partial charge is 0.257 e. The molecule has 160 valence electrons. The Bertz CT molecular complexity index is 781. The van der Waals surface area contributed by atoms with E-state index in [0.29, 0.717) is 17.6 Å². The van der Waals surface area contributed by atoms with E-state index >= 15 is 0 Å². The number of aromatic nitrogens is 2. The van der Waals surface area contributed by atoms with Crippen LogP contribution in [0.5, 0.6) is 17.4 Å². The molecule has 0 aliphatic rings. The fourth-order valence-corrected chi connectivity index (χ4v) is 3.24. The standard InChI is InChI=1S/C23H35N3O3/c1-8-10-11-12-24-22-23(29-7)26-21(17(9-2)25-22)20-18(27-5)13-16(15(3)4)14-19(20)28-6/h13-15H,8-12H2,1-7H3,(H,24,25). The number of nitrogens with one attached hydrogen (secondary N) is 1. The molecule has 1 heterocycles. The van der Waals surface area contributed by atoms with Crippen LogP contribution in [-0.2, 0) is 6.42 Å². The van der Waals surface area contributed by atoms with Gasteiger partial charge in [0.05, 0.1) is 32.6 Å². The Labute approximate surface area is 175 Å². The second-order valence-electron chi connectivity index (χ2n) is 7.32. The molecule has 1 aromatic carbocycles. The Morgan fingerprint density at radius 3 is 2.07 bits per heavy atom. The number of hydrogen-bond donors (Lipinski definition) is 1. The van der Waals surface area contributed by atoms with Crippen molar-refractivity contribution in [1.29, 1.82) is 0 Å². The molecule has 0 fully saturated rings. The second kappa shape index (κ2) is 10.9. The molecule has 6 heteroatoms. The van der Waals surface area contributed by atoms with Gasteiger partial charge in [0, 0.05) is 6.54 Å². The van der Waals surface area contributed by atoms with E-state index in [1.807, 2.05) is 12.1 Å². The molecule has 0 saturated carbocycles. The van der Waals surface area contributed by atoms with Crippen molar-refractivity contribution in [3.05, 3.63) is 23.4 Å². The van der Waals surface area contributed by atoms with E-state index < -0.39 is 0 Å². The van der Waals surface area contributed by atoms with E-state index in [2.05, 4.69) is 33.0 Å². The topological polar surface area (TPSA) is 65.5 Å². The summed E-state index contributed by atoms with van der Waals surface area (Å²) < 4.78 is 17.0. The number of hydrogen-bond acceptors (Lipinski definition) is 6. The van der Waals surface area contributed by atoms with Gasteiger partial charge in [-0.15, -0.1) is 0 Å². The zero-order valence-electron chi connectivity index (χ0n) is 18.9. The van der Waals surface area contributed by atoms with Crippen LogP contribution in [0.1, 0.15) is 64.1 Å². The Kier molecular flexibility index (Phi) is 8.55. The van der Waals surface area contributed by atoms with Gasteiger partial charge in [-0.05, 0) is 36.5 Å². The Morgan fingerprint density at radius 1 is 0.931 bits per heavy atom. The third kappa shape index (κ3) is 5.31. The van der Waals surface area contributed by atoms with Gasteiger partial charge in [0.25, 0.3) is 5.88 Å². The molecule has 29 heavy (non-hydrogen) atoms. The van der Waals surface area contributed by atoms with Gasteiger partial charge < -0.3 is 19.5 Å². The van der Waals surface area contributed by atoms with Crippen LogP contribution in [-0.4, -0.2) is 37.8 Å². The molecule has 0 saturated heterocycles. The number of methoxy groups -OCH3 is 3. The number of aryl methyl sites for hydroxylation is 1. The summed E-state index contributed by atoms with van der Waals surface area (Å²) in [6, 6.07) is 4.10. The lowest BCUT2D eigenvalue weighted by molar-refractivity contribution is 0.392. The van der Waals surface area contributed by atoms with Gasteiger partial charge in [-0.2, -0.15) is 0 Å². The van der Waals surface area contributed by atoms with Crippen molar-refractivity contribution < 1.29 is 14.2 Å². The summed E-state index contributed by atoms with van der Waals surface area (Å²) in [5.41, 5.74) is 3.55. The lowest BCUT2D eigenvalue weighted by Crippen LogP contribution is -2.10. The van der Waals surface area contributed by atoms with Gasteiger partial charge in [-0.3, -0.25) is 0 Å². The molecule has 0 radical (unpaired) electrons. The van der Waals surface area contributed by atoms with Crippen molar-refractivity contribution in [3.8, 4) is 28.6 Å². The summed E-state index contributed by atoms with van der Waals surface area (Å²) >= 11 is 0. The minimum Gasteiger partial charge on any atom is -0.496 e. The van der Waals surface area contributed by atoms with Gasteiger partial charge in [-0.25, -0.2) is 9.97 Å². The first kappa shape index (κ1) is 22.8. The summed E-state index contributed by atoms with van der Waals surface area (Å²) in [7, 11) is 4.96. The molecule has 0 aliphatic carbocycles. The highest BCUT2D eigenvalue weighted by molar-refractivity contribution is 5.78. The second-order valence-corrected chi connectivity index (χ2v) is 7.32. The predicted molar refractivity (Wildman–Crippen MR) is 119 cm³/mol. The van der Waals surface area contributed by atoms with Crippen LogP contribution in [0.15, 0.2) is 12.1 Å². The number of unbranched alkanes of at least 4 members (excludes halogenated alkanes) is 2. The average Bonchev–Trinajstić information content (AvgIpc) is 2.75. The lowest BCUT2D eigenvalue weighted by atomic mass is 9.97. The van der Waals surface area contributed by atoms with E-state index in [-0.39, 0.29) is 0 Å². The monoisotopic (exact) mass is 401 g/mol. The highest BCUT2D eigenvalue weighted by atomic mass is 16.5. The van der Waals surface area contributed by atoms with Crippen molar-refractivity contribution in [2.45, 2.75) is 59.3 Å². The van der Waals surface area contributed by atoms with E-state index in [0.717, 1.165) is 53.4 Å². The van der Waals surface area contributed by atoms with Crippen molar-refractivity contribution >= 4 is 5.82 Å². The fraction of sp³-hybridized carbons (Fsp3) is 0.565. The SMILES string of the molecule is CCCCCNc1nc(CC)c(-c2c(OC)cc(C(C)C)cc2OC)nc1OC. The van der Waals surface area contributed by atoms with Crippen LogP contribution < -0.4 is 19.5 Å². The molecule has 2 aromatic rings. The van der Waals surface area contributed by atoms with Crippen molar-refractivity contribution in [3.63, 3.8) is 0 Å². The summed E-state index contributed by atoms with van der Waals surface area (Å²) in [5, 5.41) is 3.37. The Morgan fingerprint density at radius 2 is 1.59 bits per heavy atom. The average molecular weight is 402 g/mol. The van der Waals surface area contributed by atoms with Crippen LogP contribution >= 0.6 is 0 Å². The van der Waals surface area contributed by atoms with Crippen molar-refractivity contribution in [1.82, 2.24) is 9.97 Å². The van der Waals surface area contributed by atoms with Crippen molar-refractivity contribution in [2.75, 3.05) is 33.2 Å². The summed E-state index contributed by atoms with van der Waals surface area (Å²) in [6.07, 6.45) is 4.17. The first-order chi connectivity index (χ1) is 14.0. The largest absolute Gasteiger partial charge is 0.496 e. The highest BCUT2D eigenvalue weighted by Gasteiger charge is 2.23. The van der Waals surface area contributed by atoms with Gasteiger partial charge in [-0.1, -0.05) is 40.5 Å². The molecule has 1 aromatic heterocycles. The summed E-state index contributed by atoms with van der Waals surface area (Å²) in [6.45, 7) is 9.40. The van der Waals surface area contributed by atoms with E-state index in [1.165, 1.54) is 12.8 Å². The molecule has 0 bridgehead atoms. The molecular formula is C23H35N3O3. The van der Waals surface area contributed by atoms with Crippen LogP contribution in [0.2, 0.25) is 0 Å². The van der Waals surface area contributed by atoms with E-state index in [1.54, 1.807) is 21.3 Å². The van der Waals surface area contributed by atoms with Crippen LogP contribution in [0.25, 0.3) is 11.3 Å². The van der Waals surface area contributed by atoms with Gasteiger partial charge in [0.15, 0.2) is 5.82 Å². The minimum atomic E-state index is 0.354. The zero-order chi connectivity index (χ0) is 21.4. The molecule has 1 N–H and O–H groups in total. The molecule has 0 spiro atoms. The van der Waals surface area contributed by atoms with E-state index in [4.69, 9.17) is 24.2 Å². The number of nitrogens with zero attached hydrogens (tertiary/aromatic N) is 2. The summed E-state index contributed by atoms with van der Waals surface area (Å²) in [5.74, 6) is 2.96. The maximum Gasteiger partial charge on any atom is 0.257 e. The first-order valence-electron chi connectivity index (χ1n) is 10.5. The maximum absolute atomic E-state index is 5.72. The fourth-order valence-electron chi connectivity index (χ4n) is 3.24.